The van der Waals surface area contributed by atoms with Crippen LogP contribution in [0.15, 0.2) is 30.5 Å². The molecule has 1 aromatic carbocycles. The maximum Gasteiger partial charge on any atom is 0.251 e. The maximum atomic E-state index is 13.1. The first-order valence-corrected chi connectivity index (χ1v) is 14.4. The van der Waals surface area contributed by atoms with Crippen LogP contribution in [0.25, 0.3) is 0 Å². The molecule has 1 fully saturated rings. The van der Waals surface area contributed by atoms with Crippen LogP contribution in [0.1, 0.15) is 61.3 Å². The second-order valence-corrected chi connectivity index (χ2v) is 13.1. The van der Waals surface area contributed by atoms with E-state index in [4.69, 9.17) is 0 Å². The van der Waals surface area contributed by atoms with Gasteiger partial charge in [0, 0.05) is 59.6 Å². The van der Waals surface area contributed by atoms with Gasteiger partial charge in [-0.15, -0.1) is 0 Å². The molecular weight excluding hydrogens is 466 g/mol. The average Bonchev–Trinajstić information content (AvgIpc) is 2.83. The zero-order valence-corrected chi connectivity index (χ0v) is 21.6. The van der Waals surface area contributed by atoms with Crippen LogP contribution in [0.4, 0.5) is 11.6 Å². The van der Waals surface area contributed by atoms with Crippen LogP contribution in [-0.4, -0.2) is 60.6 Å². The van der Waals surface area contributed by atoms with Crippen LogP contribution in [0.5, 0.6) is 0 Å². The lowest BCUT2D eigenvalue weighted by atomic mass is 9.82. The fourth-order valence-corrected chi connectivity index (χ4v) is 7.17. The van der Waals surface area contributed by atoms with Gasteiger partial charge in [-0.3, -0.25) is 13.8 Å². The molecule has 9 nitrogen and oxygen atoms in total. The minimum Gasteiger partial charge on any atom is -0.385 e. The zero-order valence-electron chi connectivity index (χ0n) is 20.7. The number of nitrogens with zero attached hydrogens (tertiary/aromatic N) is 3. The SMILES string of the molecule is CC(=O)N1c2ccc(C(=O)NC3CC[SH](=O)(CO)CC3)cc2[C@H](Nc2nccc(C)n2)[C@@H](C)[C@@H]1C. The molecule has 35 heavy (non-hydrogen) atoms. The number of benzene rings is 1. The van der Waals surface area contributed by atoms with Crippen LogP contribution in [0.2, 0.25) is 0 Å². The minimum atomic E-state index is -2.49. The number of carbonyl (C=O) groups is 2. The highest BCUT2D eigenvalue weighted by atomic mass is 32.2. The fourth-order valence-electron chi connectivity index (χ4n) is 5.10. The predicted octanol–water partition coefficient (Wildman–Crippen LogP) is 2.19. The average molecular weight is 502 g/mol. The summed E-state index contributed by atoms with van der Waals surface area (Å²) in [6.45, 7) is 7.55. The Morgan fingerprint density at radius 2 is 1.91 bits per heavy atom. The van der Waals surface area contributed by atoms with Crippen LogP contribution >= 0.6 is 0 Å². The lowest BCUT2D eigenvalue weighted by molar-refractivity contribution is -0.117. The third-order valence-electron chi connectivity index (χ3n) is 7.36. The zero-order chi connectivity index (χ0) is 25.3. The lowest BCUT2D eigenvalue weighted by Gasteiger charge is -2.44. The summed E-state index contributed by atoms with van der Waals surface area (Å²) in [5.41, 5.74) is 2.96. The molecule has 0 spiro atoms. The number of carbonyl (C=O) groups excluding carboxylic acids is 2. The van der Waals surface area contributed by atoms with Gasteiger partial charge in [-0.05, 0) is 56.5 Å². The summed E-state index contributed by atoms with van der Waals surface area (Å²) in [6, 6.07) is 6.92. The number of aryl methyl sites for hydroxylation is 1. The molecule has 2 aliphatic rings. The topological polar surface area (TPSA) is 125 Å². The van der Waals surface area contributed by atoms with E-state index in [0.717, 1.165) is 16.9 Å². The number of aliphatic hydroxyl groups excluding tert-OH is 1. The number of amides is 2. The van der Waals surface area contributed by atoms with Crippen molar-refractivity contribution in [2.45, 2.75) is 58.7 Å². The summed E-state index contributed by atoms with van der Waals surface area (Å²) in [7, 11) is -2.49. The summed E-state index contributed by atoms with van der Waals surface area (Å²) in [5.74, 6) is 0.907. The quantitative estimate of drug-likeness (QED) is 0.463. The smallest absolute Gasteiger partial charge is 0.251 e. The molecule has 2 aromatic rings. The highest BCUT2D eigenvalue weighted by molar-refractivity contribution is 8.02. The third kappa shape index (κ3) is 5.23. The largest absolute Gasteiger partial charge is 0.385 e. The van der Waals surface area contributed by atoms with Crippen molar-refractivity contribution in [3.05, 3.63) is 47.3 Å². The van der Waals surface area contributed by atoms with E-state index < -0.39 is 9.93 Å². The van der Waals surface area contributed by atoms with E-state index in [1.165, 1.54) is 0 Å². The van der Waals surface area contributed by atoms with Gasteiger partial charge in [0.2, 0.25) is 11.9 Å². The minimum absolute atomic E-state index is 0.0276. The van der Waals surface area contributed by atoms with Gasteiger partial charge in [0.25, 0.3) is 5.91 Å². The van der Waals surface area contributed by atoms with E-state index >= 15 is 0 Å². The van der Waals surface area contributed by atoms with Gasteiger partial charge < -0.3 is 20.6 Å². The Balaban J connectivity index is 1.63. The Hall–Kier alpha value is -2.85. The highest BCUT2D eigenvalue weighted by Crippen LogP contribution is 2.42. The van der Waals surface area contributed by atoms with Gasteiger partial charge in [0.1, 0.15) is 0 Å². The van der Waals surface area contributed by atoms with Crippen LogP contribution in [0.3, 0.4) is 0 Å². The number of aromatic nitrogens is 2. The monoisotopic (exact) mass is 501 g/mol. The Kier molecular flexibility index (Phi) is 7.23. The van der Waals surface area contributed by atoms with Crippen molar-refractivity contribution in [1.29, 1.82) is 0 Å². The number of rotatable bonds is 5. The van der Waals surface area contributed by atoms with Crippen molar-refractivity contribution >= 4 is 33.4 Å². The molecule has 3 heterocycles. The van der Waals surface area contributed by atoms with Crippen molar-refractivity contribution in [3.63, 3.8) is 0 Å². The number of hydrogen-bond donors (Lipinski definition) is 4. The molecule has 4 rings (SSSR count). The first-order chi connectivity index (χ1) is 16.6. The number of hydrogen-bond acceptors (Lipinski definition) is 7. The summed E-state index contributed by atoms with van der Waals surface area (Å²) in [6.07, 6.45) is 2.89. The van der Waals surface area contributed by atoms with Crippen molar-refractivity contribution < 1.29 is 18.9 Å². The van der Waals surface area contributed by atoms with E-state index in [1.807, 2.05) is 32.0 Å². The van der Waals surface area contributed by atoms with E-state index in [9.17, 15) is 18.9 Å². The van der Waals surface area contributed by atoms with Crippen molar-refractivity contribution in [1.82, 2.24) is 15.3 Å². The molecule has 0 saturated carbocycles. The van der Waals surface area contributed by atoms with E-state index in [0.29, 0.717) is 35.9 Å². The molecule has 10 heteroatoms. The van der Waals surface area contributed by atoms with Gasteiger partial charge in [-0.25, -0.2) is 9.97 Å². The molecule has 0 radical (unpaired) electrons. The van der Waals surface area contributed by atoms with Gasteiger partial charge in [0.15, 0.2) is 0 Å². The predicted molar refractivity (Wildman–Crippen MR) is 138 cm³/mol. The number of aliphatic hydroxyl groups is 1. The van der Waals surface area contributed by atoms with E-state index in [1.54, 1.807) is 24.1 Å². The summed E-state index contributed by atoms with van der Waals surface area (Å²) < 4.78 is 12.4. The first kappa shape index (κ1) is 25.2. The molecule has 2 aliphatic heterocycles. The molecule has 0 unspecified atom stereocenters. The fraction of sp³-hybridized carbons (Fsp3) is 0.520. The molecule has 3 N–H and O–H groups in total. The molecule has 2 amide bonds. The Bertz CT molecular complexity index is 1160. The molecule has 0 bridgehead atoms. The van der Waals surface area contributed by atoms with Gasteiger partial charge in [-0.1, -0.05) is 16.9 Å². The molecular formula is C25H35N5O4S. The highest BCUT2D eigenvalue weighted by Gasteiger charge is 2.39. The first-order valence-electron chi connectivity index (χ1n) is 12.1. The molecule has 1 saturated heterocycles. The maximum absolute atomic E-state index is 13.1. The Morgan fingerprint density at radius 3 is 2.54 bits per heavy atom. The molecule has 3 atom stereocenters. The van der Waals surface area contributed by atoms with Crippen LogP contribution in [0, 0.1) is 12.8 Å². The number of nitrogens with one attached hydrogen (secondary N) is 2. The number of thiol groups is 1. The summed E-state index contributed by atoms with van der Waals surface area (Å²) in [5, 5.41) is 15.9. The van der Waals surface area contributed by atoms with Crippen molar-refractivity contribution in [3.8, 4) is 0 Å². The third-order valence-corrected chi connectivity index (χ3v) is 10.0. The Morgan fingerprint density at radius 1 is 1.20 bits per heavy atom. The van der Waals surface area contributed by atoms with Crippen LogP contribution < -0.4 is 15.5 Å². The van der Waals surface area contributed by atoms with Gasteiger partial charge in [-0.2, -0.15) is 0 Å². The normalized spacial score (nSPS) is 26.4. The number of anilines is 2. The van der Waals surface area contributed by atoms with E-state index in [2.05, 4.69) is 27.5 Å². The number of fused-ring (bicyclic) bond motifs is 1. The van der Waals surface area contributed by atoms with Crippen molar-refractivity contribution in [2.24, 2.45) is 5.92 Å². The standard InChI is InChI=1S/C25H35N5O4S/c1-15-7-10-26-25(27-15)29-23-16(2)17(3)30(18(4)32)22-6-5-19(13-21(22)23)24(33)28-20-8-11-35(34,14-31)12-9-20/h5-7,10,13,16-17,20,23,31,35H,8-9,11-12,14H2,1-4H3,(H,28,33)(H,26,27,29)/t16-,17-,23+/m0/s1. The molecule has 0 aliphatic carbocycles. The summed E-state index contributed by atoms with van der Waals surface area (Å²) in [4.78, 5) is 36.3. The van der Waals surface area contributed by atoms with Gasteiger partial charge >= 0.3 is 0 Å². The van der Waals surface area contributed by atoms with Crippen LogP contribution in [-0.2, 0) is 14.7 Å². The van der Waals surface area contributed by atoms with Gasteiger partial charge in [0.05, 0.1) is 12.0 Å². The summed E-state index contributed by atoms with van der Waals surface area (Å²) >= 11 is 0. The lowest BCUT2D eigenvalue weighted by Crippen LogP contribution is -2.48. The second kappa shape index (κ2) is 10.0. The molecule has 190 valence electrons. The van der Waals surface area contributed by atoms with Crippen molar-refractivity contribution in [2.75, 3.05) is 27.7 Å². The second-order valence-electron chi connectivity index (χ2n) is 9.80. The van der Waals surface area contributed by atoms with E-state index in [-0.39, 0.29) is 41.8 Å². The molecule has 1 aromatic heterocycles. The Labute approximate surface area is 207 Å².